The van der Waals surface area contributed by atoms with Gasteiger partial charge in [0.25, 0.3) is 20.0 Å². The van der Waals surface area contributed by atoms with Crippen LogP contribution in [0.3, 0.4) is 0 Å². The molecule has 0 aliphatic rings. The van der Waals surface area contributed by atoms with E-state index in [1.807, 2.05) is 0 Å². The normalized spacial score (nSPS) is 12.0. The van der Waals surface area contributed by atoms with E-state index in [9.17, 15) is 16.8 Å². The van der Waals surface area contributed by atoms with E-state index in [1.165, 1.54) is 18.2 Å². The summed E-state index contributed by atoms with van der Waals surface area (Å²) in [5.41, 5.74) is -0.269. The minimum absolute atomic E-state index is 0.00991. The summed E-state index contributed by atoms with van der Waals surface area (Å²) < 4.78 is 55.1. The molecule has 2 heterocycles. The molecule has 0 fully saturated rings. The Labute approximate surface area is 190 Å². The van der Waals surface area contributed by atoms with E-state index in [0.717, 1.165) is 23.6 Å². The van der Waals surface area contributed by atoms with Crippen molar-refractivity contribution in [3.05, 3.63) is 62.1 Å². The Kier molecular flexibility index (Phi) is 6.54. The first-order valence-electron chi connectivity index (χ1n) is 7.39. The molecule has 0 amide bonds. The molecule has 7 nitrogen and oxygen atoms in total. The first kappa shape index (κ1) is 22.4. The van der Waals surface area contributed by atoms with Crippen molar-refractivity contribution >= 4 is 89.2 Å². The second-order valence-corrected chi connectivity index (χ2v) is 11.5. The smallest absolute Gasteiger partial charge is 0.271 e. The van der Waals surface area contributed by atoms with E-state index in [4.69, 9.17) is 46.4 Å². The number of nitrogens with zero attached hydrogens (tertiary/aromatic N) is 1. The first-order chi connectivity index (χ1) is 13.5. The number of sulfonamides is 2. The number of thiophene rings is 1. The van der Waals surface area contributed by atoms with Crippen molar-refractivity contribution in [2.45, 2.75) is 9.10 Å². The van der Waals surface area contributed by atoms with Gasteiger partial charge in [-0.15, -0.1) is 11.3 Å². The summed E-state index contributed by atoms with van der Waals surface area (Å²) in [5, 5.41) is 1.49. The standard InChI is InChI=1S/C15H9Cl4N3O4S3/c16-9-5-12(21-28(23,24)8-4-11(18)15(19)20-7-8)13(6-10(9)17)22-29(25,26)14-2-1-3-27-14/h1-7,21-22H. The van der Waals surface area contributed by atoms with Gasteiger partial charge in [0.2, 0.25) is 0 Å². The van der Waals surface area contributed by atoms with Crippen LogP contribution >= 0.6 is 57.7 Å². The van der Waals surface area contributed by atoms with Gasteiger partial charge in [0.1, 0.15) is 14.3 Å². The Morgan fingerprint density at radius 1 is 0.828 bits per heavy atom. The fourth-order valence-corrected chi connectivity index (χ4v) is 5.85. The van der Waals surface area contributed by atoms with Crippen LogP contribution in [-0.2, 0) is 20.0 Å². The molecule has 29 heavy (non-hydrogen) atoms. The van der Waals surface area contributed by atoms with Crippen LogP contribution in [0.1, 0.15) is 0 Å². The molecule has 3 rings (SSSR count). The van der Waals surface area contributed by atoms with Crippen LogP contribution in [0.25, 0.3) is 0 Å². The molecule has 2 N–H and O–H groups in total. The van der Waals surface area contributed by atoms with E-state index in [2.05, 4.69) is 14.4 Å². The van der Waals surface area contributed by atoms with Crippen molar-refractivity contribution in [1.29, 1.82) is 0 Å². The second kappa shape index (κ2) is 8.46. The van der Waals surface area contributed by atoms with Crippen LogP contribution in [0.5, 0.6) is 0 Å². The van der Waals surface area contributed by atoms with Gasteiger partial charge in [0, 0.05) is 6.20 Å². The largest absolute Gasteiger partial charge is 0.277 e. The minimum Gasteiger partial charge on any atom is -0.277 e. The summed E-state index contributed by atoms with van der Waals surface area (Å²) in [6.07, 6.45) is 1.00. The number of benzene rings is 1. The molecule has 3 aromatic rings. The summed E-state index contributed by atoms with van der Waals surface area (Å²) in [7, 11) is -8.18. The van der Waals surface area contributed by atoms with Crippen LogP contribution in [0.15, 0.2) is 51.0 Å². The quantitative estimate of drug-likeness (QED) is 0.416. The summed E-state index contributed by atoms with van der Waals surface area (Å²) in [5.74, 6) is 0. The summed E-state index contributed by atoms with van der Waals surface area (Å²) in [6.45, 7) is 0. The third-order valence-electron chi connectivity index (χ3n) is 3.39. The van der Waals surface area contributed by atoms with E-state index >= 15 is 0 Å². The molecule has 2 aromatic heterocycles. The van der Waals surface area contributed by atoms with Crippen molar-refractivity contribution < 1.29 is 16.8 Å². The summed E-state index contributed by atoms with van der Waals surface area (Å²) in [4.78, 5) is 3.40. The molecule has 0 saturated carbocycles. The summed E-state index contributed by atoms with van der Waals surface area (Å²) in [6, 6.07) is 6.44. The number of hydrogen-bond donors (Lipinski definition) is 2. The number of nitrogens with one attached hydrogen (secondary N) is 2. The highest BCUT2D eigenvalue weighted by Crippen LogP contribution is 2.36. The lowest BCUT2D eigenvalue weighted by atomic mass is 10.3. The first-order valence-corrected chi connectivity index (χ1v) is 12.7. The van der Waals surface area contributed by atoms with E-state index < -0.39 is 20.0 Å². The third-order valence-corrected chi connectivity index (χ3v) is 8.89. The molecule has 0 radical (unpaired) electrons. The topological polar surface area (TPSA) is 105 Å². The number of rotatable bonds is 6. The Morgan fingerprint density at radius 3 is 1.93 bits per heavy atom. The minimum atomic E-state index is -4.20. The predicted octanol–water partition coefficient (Wildman–Crippen LogP) is 5.36. The molecule has 0 atom stereocenters. The molecule has 0 unspecified atom stereocenters. The van der Waals surface area contributed by atoms with Gasteiger partial charge in [-0.2, -0.15) is 0 Å². The summed E-state index contributed by atoms with van der Waals surface area (Å²) >= 11 is 24.5. The zero-order valence-corrected chi connectivity index (χ0v) is 19.3. The third kappa shape index (κ3) is 5.08. The average molecular weight is 533 g/mol. The Hall–Kier alpha value is -1.27. The predicted molar refractivity (Wildman–Crippen MR) is 117 cm³/mol. The van der Waals surface area contributed by atoms with Gasteiger partial charge < -0.3 is 0 Å². The average Bonchev–Trinajstić information content (AvgIpc) is 3.17. The number of pyridine rings is 1. The van der Waals surface area contributed by atoms with Crippen LogP contribution in [0.2, 0.25) is 20.2 Å². The maximum absolute atomic E-state index is 12.7. The van der Waals surface area contributed by atoms with Crippen LogP contribution in [0, 0.1) is 0 Å². The highest BCUT2D eigenvalue weighted by atomic mass is 35.5. The van der Waals surface area contributed by atoms with Gasteiger partial charge in [-0.3, -0.25) is 9.44 Å². The number of halogens is 4. The molecule has 0 saturated heterocycles. The van der Waals surface area contributed by atoms with E-state index in [1.54, 1.807) is 11.4 Å². The van der Waals surface area contributed by atoms with Gasteiger partial charge in [0.15, 0.2) is 0 Å². The molecular formula is C15H9Cl4N3O4S3. The van der Waals surface area contributed by atoms with Crippen LogP contribution in [-0.4, -0.2) is 21.8 Å². The molecule has 154 valence electrons. The number of hydrogen-bond acceptors (Lipinski definition) is 6. The lowest BCUT2D eigenvalue weighted by Crippen LogP contribution is -2.17. The Balaban J connectivity index is 2.03. The molecule has 0 bridgehead atoms. The second-order valence-electron chi connectivity index (χ2n) is 5.40. The van der Waals surface area contributed by atoms with Crippen molar-refractivity contribution in [3.8, 4) is 0 Å². The monoisotopic (exact) mass is 531 g/mol. The van der Waals surface area contributed by atoms with Crippen LogP contribution < -0.4 is 9.44 Å². The molecule has 0 aliphatic carbocycles. The number of anilines is 2. The van der Waals surface area contributed by atoms with Gasteiger partial charge in [-0.25, -0.2) is 21.8 Å². The van der Waals surface area contributed by atoms with Gasteiger partial charge in [0.05, 0.1) is 26.4 Å². The van der Waals surface area contributed by atoms with Crippen molar-refractivity contribution in [2.75, 3.05) is 9.44 Å². The fourth-order valence-electron chi connectivity index (χ4n) is 2.08. The van der Waals surface area contributed by atoms with Gasteiger partial charge in [-0.05, 0) is 29.6 Å². The lowest BCUT2D eigenvalue weighted by Gasteiger charge is -2.15. The van der Waals surface area contributed by atoms with Crippen molar-refractivity contribution in [2.24, 2.45) is 0 Å². The molecule has 14 heteroatoms. The van der Waals surface area contributed by atoms with E-state index in [0.29, 0.717) is 0 Å². The zero-order valence-electron chi connectivity index (χ0n) is 13.9. The van der Waals surface area contributed by atoms with E-state index in [-0.39, 0.29) is 40.7 Å². The highest BCUT2D eigenvalue weighted by Gasteiger charge is 2.22. The molecule has 0 spiro atoms. The Bertz CT molecular complexity index is 1280. The number of aromatic nitrogens is 1. The zero-order chi connectivity index (χ0) is 21.4. The Morgan fingerprint density at radius 2 is 1.41 bits per heavy atom. The molecule has 0 aliphatic heterocycles. The maximum atomic E-state index is 12.7. The van der Waals surface area contributed by atoms with Crippen LogP contribution in [0.4, 0.5) is 11.4 Å². The van der Waals surface area contributed by atoms with Gasteiger partial charge >= 0.3 is 0 Å². The van der Waals surface area contributed by atoms with Gasteiger partial charge in [-0.1, -0.05) is 52.5 Å². The SMILES string of the molecule is O=S(=O)(Nc1cc(Cl)c(Cl)cc1NS(=O)(=O)c1cccs1)c1cnc(Cl)c(Cl)c1. The van der Waals surface area contributed by atoms with Crippen molar-refractivity contribution in [1.82, 2.24) is 4.98 Å². The maximum Gasteiger partial charge on any atom is 0.271 e. The fraction of sp³-hybridized carbons (Fsp3) is 0. The molecular weight excluding hydrogens is 524 g/mol. The highest BCUT2D eigenvalue weighted by molar-refractivity contribution is 7.94. The molecule has 1 aromatic carbocycles. The lowest BCUT2D eigenvalue weighted by molar-refractivity contribution is 0.599. The van der Waals surface area contributed by atoms with Crippen molar-refractivity contribution in [3.63, 3.8) is 0 Å².